The lowest BCUT2D eigenvalue weighted by Gasteiger charge is -2.10. The van der Waals surface area contributed by atoms with Crippen molar-refractivity contribution >= 4 is 27.3 Å². The van der Waals surface area contributed by atoms with Gasteiger partial charge in [0.05, 0.1) is 9.79 Å². The maximum atomic E-state index is 13.0. The van der Waals surface area contributed by atoms with Crippen molar-refractivity contribution < 1.29 is 18.0 Å². The van der Waals surface area contributed by atoms with Crippen LogP contribution in [0.1, 0.15) is 42.1 Å². The predicted octanol–water partition coefficient (Wildman–Crippen LogP) is 4.61. The summed E-state index contributed by atoms with van der Waals surface area (Å²) in [6, 6.07) is 15.2. The average Bonchev–Trinajstić information content (AvgIpc) is 2.82. The van der Waals surface area contributed by atoms with E-state index in [0.717, 1.165) is 18.4 Å². The second-order valence-corrected chi connectivity index (χ2v) is 9.20. The predicted molar refractivity (Wildman–Crippen MR) is 122 cm³/mol. The Balaban J connectivity index is 1.67. The number of carbonyl (C=O) groups excluding carboxylic acids is 2. The van der Waals surface area contributed by atoms with E-state index in [1.807, 2.05) is 13.0 Å². The molecule has 2 aromatic carbocycles. The molecule has 2 amide bonds. The third-order valence-electron chi connectivity index (χ3n) is 4.82. The Morgan fingerprint density at radius 3 is 2.44 bits per heavy atom. The molecule has 2 N–H and O–H groups in total. The second kappa shape index (κ2) is 10.7. The number of nitrogens with zero attached hydrogens (tertiary/aromatic N) is 1. The van der Waals surface area contributed by atoms with E-state index in [1.165, 1.54) is 36.4 Å². The van der Waals surface area contributed by atoms with Gasteiger partial charge in [-0.3, -0.25) is 9.78 Å². The molecule has 1 aromatic heterocycles. The van der Waals surface area contributed by atoms with Crippen molar-refractivity contribution in [2.45, 2.75) is 42.5 Å². The van der Waals surface area contributed by atoms with Gasteiger partial charge in [-0.25, -0.2) is 13.2 Å². The Kier molecular flexibility index (Phi) is 7.72. The molecular formula is C24H25N3O4S. The van der Waals surface area contributed by atoms with Crippen molar-refractivity contribution in [3.05, 3.63) is 84.2 Å². The van der Waals surface area contributed by atoms with E-state index in [0.29, 0.717) is 24.2 Å². The van der Waals surface area contributed by atoms with Gasteiger partial charge in [0.15, 0.2) is 5.78 Å². The van der Waals surface area contributed by atoms with Gasteiger partial charge in [-0.15, -0.1) is 0 Å². The lowest BCUT2D eigenvalue weighted by atomic mass is 10.1. The number of hydrogen-bond acceptors (Lipinski definition) is 5. The maximum Gasteiger partial charge on any atom is 0.319 e. The molecule has 0 aliphatic carbocycles. The summed E-state index contributed by atoms with van der Waals surface area (Å²) < 4.78 is 26.0. The van der Waals surface area contributed by atoms with Crippen molar-refractivity contribution in [2.75, 3.05) is 5.32 Å². The quantitative estimate of drug-likeness (QED) is 0.462. The summed E-state index contributed by atoms with van der Waals surface area (Å²) in [6.07, 6.45) is 5.36. The topological polar surface area (TPSA) is 105 Å². The number of unbranched alkanes of at least 4 members (excludes halogenated alkanes) is 1. The summed E-state index contributed by atoms with van der Waals surface area (Å²) in [5, 5.41) is 5.37. The van der Waals surface area contributed by atoms with Crippen LogP contribution in [-0.2, 0) is 16.4 Å². The SMILES string of the molecule is CCCCC(=O)c1cccc(S(=O)(=O)c2ccc(NC(=O)NCc3cccnc3)cc2)c1. The van der Waals surface area contributed by atoms with Gasteiger partial charge in [-0.1, -0.05) is 31.5 Å². The number of nitrogens with one attached hydrogen (secondary N) is 2. The summed E-state index contributed by atoms with van der Waals surface area (Å²) in [6.45, 7) is 2.32. The zero-order valence-corrected chi connectivity index (χ0v) is 18.6. The molecule has 3 aromatic rings. The molecule has 0 saturated carbocycles. The van der Waals surface area contributed by atoms with Crippen molar-refractivity contribution in [3.8, 4) is 0 Å². The molecule has 166 valence electrons. The second-order valence-electron chi connectivity index (χ2n) is 7.25. The van der Waals surface area contributed by atoms with E-state index in [1.54, 1.807) is 30.6 Å². The standard InChI is InChI=1S/C24H25N3O4S/c1-2-3-9-23(28)19-7-4-8-22(15-19)32(30,31)21-12-10-20(11-13-21)27-24(29)26-17-18-6-5-14-25-16-18/h4-8,10-16H,2-3,9,17H2,1H3,(H2,26,27,29). The van der Waals surface area contributed by atoms with E-state index in [-0.39, 0.29) is 15.6 Å². The molecule has 0 bridgehead atoms. The van der Waals surface area contributed by atoms with Crippen molar-refractivity contribution in [2.24, 2.45) is 0 Å². The van der Waals surface area contributed by atoms with Crippen LogP contribution in [0.25, 0.3) is 0 Å². The van der Waals surface area contributed by atoms with Gasteiger partial charge in [0, 0.05) is 36.6 Å². The van der Waals surface area contributed by atoms with Gasteiger partial charge in [-0.05, 0) is 54.4 Å². The number of benzene rings is 2. The number of carbonyl (C=O) groups is 2. The monoisotopic (exact) mass is 451 g/mol. The molecule has 1 heterocycles. The largest absolute Gasteiger partial charge is 0.334 e. The first kappa shape index (κ1) is 23.1. The fourth-order valence-electron chi connectivity index (χ4n) is 3.03. The Morgan fingerprint density at radius 1 is 0.969 bits per heavy atom. The van der Waals surface area contributed by atoms with Crippen LogP contribution in [0, 0.1) is 0 Å². The summed E-state index contributed by atoms with van der Waals surface area (Å²) >= 11 is 0. The molecule has 0 radical (unpaired) electrons. The Hall–Kier alpha value is -3.52. The average molecular weight is 452 g/mol. The van der Waals surface area contributed by atoms with Crippen LogP contribution in [-0.4, -0.2) is 25.2 Å². The maximum absolute atomic E-state index is 13.0. The highest BCUT2D eigenvalue weighted by Crippen LogP contribution is 2.24. The molecule has 0 aliphatic heterocycles. The summed E-state index contributed by atoms with van der Waals surface area (Å²) in [4.78, 5) is 28.5. The van der Waals surface area contributed by atoms with Gasteiger partial charge in [0.25, 0.3) is 0 Å². The third-order valence-corrected chi connectivity index (χ3v) is 6.59. The van der Waals surface area contributed by atoms with Crippen LogP contribution in [0.4, 0.5) is 10.5 Å². The fourth-order valence-corrected chi connectivity index (χ4v) is 4.34. The Bertz CT molecular complexity index is 1180. The molecule has 0 fully saturated rings. The highest BCUT2D eigenvalue weighted by Gasteiger charge is 2.19. The number of aromatic nitrogens is 1. The van der Waals surface area contributed by atoms with Crippen LogP contribution in [0.3, 0.4) is 0 Å². The van der Waals surface area contributed by atoms with Crippen LogP contribution in [0.2, 0.25) is 0 Å². The molecule has 32 heavy (non-hydrogen) atoms. The van der Waals surface area contributed by atoms with Crippen LogP contribution >= 0.6 is 0 Å². The molecule has 0 unspecified atom stereocenters. The Labute approximate surface area is 187 Å². The summed E-state index contributed by atoms with van der Waals surface area (Å²) in [5.74, 6) is -0.0688. The van der Waals surface area contributed by atoms with E-state index >= 15 is 0 Å². The highest BCUT2D eigenvalue weighted by molar-refractivity contribution is 7.91. The highest BCUT2D eigenvalue weighted by atomic mass is 32.2. The number of ketones is 1. The zero-order chi connectivity index (χ0) is 23.0. The minimum absolute atomic E-state index is 0.0646. The summed E-state index contributed by atoms with van der Waals surface area (Å²) in [5.41, 5.74) is 1.71. The van der Waals surface area contributed by atoms with Crippen LogP contribution < -0.4 is 10.6 Å². The molecule has 0 saturated heterocycles. The molecule has 7 nitrogen and oxygen atoms in total. The zero-order valence-electron chi connectivity index (χ0n) is 17.7. The van der Waals surface area contributed by atoms with Gasteiger partial charge < -0.3 is 10.6 Å². The number of amides is 2. The number of urea groups is 1. The molecule has 8 heteroatoms. The smallest absolute Gasteiger partial charge is 0.319 e. The minimum atomic E-state index is -3.79. The molecule has 0 spiro atoms. The first-order valence-corrected chi connectivity index (χ1v) is 11.8. The number of Topliss-reactive ketones (excluding diaryl/α,β-unsaturated/α-hetero) is 1. The lowest BCUT2D eigenvalue weighted by Crippen LogP contribution is -2.28. The van der Waals surface area contributed by atoms with Gasteiger partial charge >= 0.3 is 6.03 Å². The number of rotatable bonds is 9. The normalized spacial score (nSPS) is 11.0. The molecule has 3 rings (SSSR count). The van der Waals surface area contributed by atoms with Crippen LogP contribution in [0.15, 0.2) is 82.8 Å². The summed E-state index contributed by atoms with van der Waals surface area (Å²) in [7, 11) is -3.79. The van der Waals surface area contributed by atoms with E-state index in [2.05, 4.69) is 15.6 Å². The van der Waals surface area contributed by atoms with Crippen LogP contribution in [0.5, 0.6) is 0 Å². The molecular weight excluding hydrogens is 426 g/mol. The van der Waals surface area contributed by atoms with E-state index in [9.17, 15) is 18.0 Å². The fraction of sp³-hybridized carbons (Fsp3) is 0.208. The van der Waals surface area contributed by atoms with E-state index in [4.69, 9.17) is 0 Å². The van der Waals surface area contributed by atoms with Crippen molar-refractivity contribution in [1.82, 2.24) is 10.3 Å². The first-order valence-electron chi connectivity index (χ1n) is 10.3. The van der Waals surface area contributed by atoms with Gasteiger partial charge in [0.1, 0.15) is 0 Å². The molecule has 0 aliphatic rings. The van der Waals surface area contributed by atoms with E-state index < -0.39 is 15.9 Å². The third kappa shape index (κ3) is 6.01. The Morgan fingerprint density at radius 2 is 1.75 bits per heavy atom. The first-order chi connectivity index (χ1) is 15.4. The number of hydrogen-bond donors (Lipinski definition) is 2. The number of pyridine rings is 1. The number of sulfone groups is 1. The molecule has 0 atom stereocenters. The lowest BCUT2D eigenvalue weighted by molar-refractivity contribution is 0.0979. The van der Waals surface area contributed by atoms with Gasteiger partial charge in [0.2, 0.25) is 9.84 Å². The van der Waals surface area contributed by atoms with Crippen molar-refractivity contribution in [3.63, 3.8) is 0 Å². The van der Waals surface area contributed by atoms with Crippen molar-refractivity contribution in [1.29, 1.82) is 0 Å². The minimum Gasteiger partial charge on any atom is -0.334 e. The number of anilines is 1. The van der Waals surface area contributed by atoms with Gasteiger partial charge in [-0.2, -0.15) is 0 Å².